The Hall–Kier alpha value is -2.83. The Labute approximate surface area is 522 Å². The average Bonchev–Trinajstić information content (AvgIpc) is 2.53. The SMILES string of the molecule is CC/C=C\C/C=C\C/C=C\C/C=C\C/C=C\C/C=C\C/C=C\CCCCCCCCCC(=O)NC(COC1OC(CO)C(OC2OC(CO)C(O)C(O)C2O)C(O)C1O)C(O)CCCCCCCCCCCCCCCCCCCCCCCCC. The Kier molecular flexibility index (Phi) is 51.8. The minimum atomic E-state index is -1.79. The van der Waals surface area contributed by atoms with Gasteiger partial charge in [0.15, 0.2) is 12.6 Å². The Balaban J connectivity index is 1.69. The van der Waals surface area contributed by atoms with E-state index in [2.05, 4.69) is 104 Å². The number of carbonyl (C=O) groups excluding carboxylic acids is 1. The number of hydrogen-bond donors (Lipinski definition) is 9. The zero-order chi connectivity index (χ0) is 62.3. The first-order valence-electron chi connectivity index (χ1n) is 34.8. The molecule has 9 N–H and O–H groups in total. The fraction of sp³-hybridized carbons (Fsp3) is 0.792. The topological polar surface area (TPSA) is 228 Å². The lowest BCUT2D eigenvalue weighted by Crippen LogP contribution is -2.65. The van der Waals surface area contributed by atoms with Crippen LogP contribution in [0.2, 0.25) is 0 Å². The number of nitrogens with one attached hydrogen (secondary N) is 1. The summed E-state index contributed by atoms with van der Waals surface area (Å²) in [5.41, 5.74) is 0. The fourth-order valence-corrected chi connectivity index (χ4v) is 11.1. The van der Waals surface area contributed by atoms with E-state index in [9.17, 15) is 45.6 Å². The van der Waals surface area contributed by atoms with Gasteiger partial charge in [-0.3, -0.25) is 4.79 Å². The standard InChI is InChI=1S/C72H127NO13/c1-3-5-7-9-11-13-15-17-19-21-23-25-27-28-29-30-31-32-34-36-38-40-42-44-46-48-50-52-54-56-64(77)73-60(59-83-71-69(82)67(80)70(63(58-75)85-71)86-72-68(81)66(79)65(78)62(57-74)84-72)61(76)55-53-51-49-47-45-43-41-39-37-35-33-26-24-22-20-18-16-14-12-10-8-6-4-2/h5,7,11,13,17,19,23,25,28-29,31-32,36,38,60-63,65-72,74-76,78-82H,3-4,6,8-10,12,14-16,18,20-22,24,26-27,30,33-35,37,39-59H2,1-2H3,(H,73,77)/b7-5-,13-11-,19-17-,25-23-,29-28-,32-31-,38-36-. The molecule has 2 rings (SSSR count). The van der Waals surface area contributed by atoms with Crippen LogP contribution in [0.3, 0.4) is 0 Å². The maximum atomic E-state index is 13.4. The minimum absolute atomic E-state index is 0.218. The molecule has 12 atom stereocenters. The molecule has 0 radical (unpaired) electrons. The van der Waals surface area contributed by atoms with Gasteiger partial charge in [0.25, 0.3) is 0 Å². The van der Waals surface area contributed by atoms with E-state index >= 15 is 0 Å². The summed E-state index contributed by atoms with van der Waals surface area (Å²) < 4.78 is 22.9. The summed E-state index contributed by atoms with van der Waals surface area (Å²) in [7, 11) is 0. The highest BCUT2D eigenvalue weighted by atomic mass is 16.7. The number of allylic oxidation sites excluding steroid dienone is 14. The monoisotopic (exact) mass is 1210 g/mol. The molecule has 2 aliphatic heterocycles. The van der Waals surface area contributed by atoms with Crippen molar-refractivity contribution < 1.29 is 64.6 Å². The van der Waals surface area contributed by atoms with Crippen LogP contribution < -0.4 is 5.32 Å². The van der Waals surface area contributed by atoms with E-state index < -0.39 is 86.8 Å². The summed E-state index contributed by atoms with van der Waals surface area (Å²) in [5.74, 6) is -0.218. The highest BCUT2D eigenvalue weighted by molar-refractivity contribution is 5.76. The molecule has 0 aliphatic carbocycles. The summed E-state index contributed by atoms with van der Waals surface area (Å²) in [6.07, 6.45) is 60.1. The van der Waals surface area contributed by atoms with Crippen LogP contribution in [-0.2, 0) is 23.7 Å². The van der Waals surface area contributed by atoms with Gasteiger partial charge >= 0.3 is 0 Å². The zero-order valence-electron chi connectivity index (χ0n) is 54.0. The summed E-state index contributed by atoms with van der Waals surface area (Å²) in [6, 6.07) is -0.842. The predicted molar refractivity (Wildman–Crippen MR) is 350 cm³/mol. The lowest BCUT2D eigenvalue weighted by Gasteiger charge is -2.46. The van der Waals surface area contributed by atoms with E-state index in [0.29, 0.717) is 12.8 Å². The summed E-state index contributed by atoms with van der Waals surface area (Å²) in [6.45, 7) is 2.76. The smallest absolute Gasteiger partial charge is 0.220 e. The number of ether oxygens (including phenoxy) is 4. The lowest BCUT2D eigenvalue weighted by atomic mass is 9.97. The number of aliphatic hydroxyl groups excluding tert-OH is 8. The van der Waals surface area contributed by atoms with Crippen molar-refractivity contribution in [1.82, 2.24) is 5.32 Å². The van der Waals surface area contributed by atoms with Crippen molar-refractivity contribution in [2.24, 2.45) is 0 Å². The highest BCUT2D eigenvalue weighted by Crippen LogP contribution is 2.30. The Morgan fingerprint density at radius 2 is 0.802 bits per heavy atom. The molecule has 0 aromatic carbocycles. The zero-order valence-corrected chi connectivity index (χ0v) is 54.0. The van der Waals surface area contributed by atoms with E-state index in [1.807, 2.05) is 0 Å². The van der Waals surface area contributed by atoms with Gasteiger partial charge in [0.1, 0.15) is 48.8 Å². The molecule has 0 aromatic heterocycles. The summed E-state index contributed by atoms with van der Waals surface area (Å²) >= 11 is 0. The summed E-state index contributed by atoms with van der Waals surface area (Å²) in [4.78, 5) is 13.4. The fourth-order valence-electron chi connectivity index (χ4n) is 11.1. The Morgan fingerprint density at radius 3 is 1.23 bits per heavy atom. The van der Waals surface area contributed by atoms with Gasteiger partial charge in [-0.2, -0.15) is 0 Å². The van der Waals surface area contributed by atoms with Crippen LogP contribution in [0, 0.1) is 0 Å². The molecule has 0 spiro atoms. The molecule has 2 saturated heterocycles. The van der Waals surface area contributed by atoms with Crippen molar-refractivity contribution in [3.8, 4) is 0 Å². The van der Waals surface area contributed by atoms with Crippen molar-refractivity contribution in [2.45, 2.75) is 344 Å². The van der Waals surface area contributed by atoms with E-state index in [-0.39, 0.29) is 18.9 Å². The van der Waals surface area contributed by atoms with Gasteiger partial charge in [0.05, 0.1) is 32.0 Å². The van der Waals surface area contributed by atoms with Crippen LogP contribution in [0.4, 0.5) is 0 Å². The van der Waals surface area contributed by atoms with Gasteiger partial charge < -0.3 is 65.1 Å². The highest BCUT2D eigenvalue weighted by Gasteiger charge is 2.51. The molecule has 2 fully saturated rings. The Bertz CT molecular complexity index is 1770. The minimum Gasteiger partial charge on any atom is -0.394 e. The van der Waals surface area contributed by atoms with Crippen LogP contribution in [0.5, 0.6) is 0 Å². The first kappa shape index (κ1) is 79.3. The average molecular weight is 1210 g/mol. The number of amides is 1. The van der Waals surface area contributed by atoms with Crippen LogP contribution in [0.15, 0.2) is 85.1 Å². The van der Waals surface area contributed by atoms with Crippen LogP contribution in [-0.4, -0.2) is 140 Å². The van der Waals surface area contributed by atoms with Crippen molar-refractivity contribution in [3.05, 3.63) is 85.1 Å². The second kappa shape index (κ2) is 56.2. The molecule has 2 aliphatic rings. The van der Waals surface area contributed by atoms with Gasteiger partial charge in [-0.05, 0) is 70.6 Å². The number of hydrogen-bond acceptors (Lipinski definition) is 13. The van der Waals surface area contributed by atoms with E-state index in [0.717, 1.165) is 109 Å². The molecule has 1 amide bonds. The quantitative estimate of drug-likeness (QED) is 0.0204. The number of aliphatic hydroxyl groups is 8. The van der Waals surface area contributed by atoms with Crippen molar-refractivity contribution in [3.63, 3.8) is 0 Å². The number of carbonyl (C=O) groups is 1. The summed E-state index contributed by atoms with van der Waals surface area (Å²) in [5, 5.41) is 87.6. The molecular formula is C72H127NO13. The third kappa shape index (κ3) is 40.0. The van der Waals surface area contributed by atoms with E-state index in [1.165, 1.54) is 128 Å². The lowest BCUT2D eigenvalue weighted by molar-refractivity contribution is -0.359. The molecular weight excluding hydrogens is 1090 g/mol. The van der Waals surface area contributed by atoms with Crippen molar-refractivity contribution in [2.75, 3.05) is 19.8 Å². The maximum absolute atomic E-state index is 13.4. The van der Waals surface area contributed by atoms with Crippen LogP contribution in [0.25, 0.3) is 0 Å². The molecule has 14 nitrogen and oxygen atoms in total. The Morgan fingerprint density at radius 1 is 0.430 bits per heavy atom. The van der Waals surface area contributed by atoms with Gasteiger partial charge in [0.2, 0.25) is 5.91 Å². The molecule has 14 heteroatoms. The molecule has 0 saturated carbocycles. The third-order valence-corrected chi connectivity index (χ3v) is 16.6. The van der Waals surface area contributed by atoms with Gasteiger partial charge in [-0.1, -0.05) is 279 Å². The second-order valence-electron chi connectivity index (χ2n) is 24.3. The van der Waals surface area contributed by atoms with Crippen molar-refractivity contribution in [1.29, 1.82) is 0 Å². The van der Waals surface area contributed by atoms with Crippen molar-refractivity contribution >= 4 is 5.91 Å². The van der Waals surface area contributed by atoms with Crippen LogP contribution >= 0.6 is 0 Å². The first-order valence-corrected chi connectivity index (χ1v) is 34.8. The number of unbranched alkanes of at least 4 members (excludes halogenated alkanes) is 29. The first-order chi connectivity index (χ1) is 42.1. The molecule has 12 unspecified atom stereocenters. The molecule has 0 aromatic rings. The molecule has 86 heavy (non-hydrogen) atoms. The van der Waals surface area contributed by atoms with Crippen LogP contribution in [0.1, 0.15) is 271 Å². The van der Waals surface area contributed by atoms with E-state index in [1.54, 1.807) is 0 Å². The maximum Gasteiger partial charge on any atom is 0.220 e. The number of rotatable bonds is 56. The van der Waals surface area contributed by atoms with Gasteiger partial charge in [-0.25, -0.2) is 0 Å². The molecule has 0 bridgehead atoms. The predicted octanol–water partition coefficient (Wildman–Crippen LogP) is 14.0. The van der Waals surface area contributed by atoms with Gasteiger partial charge in [-0.15, -0.1) is 0 Å². The second-order valence-corrected chi connectivity index (χ2v) is 24.3. The van der Waals surface area contributed by atoms with E-state index in [4.69, 9.17) is 18.9 Å². The largest absolute Gasteiger partial charge is 0.394 e. The third-order valence-electron chi connectivity index (χ3n) is 16.6. The molecule has 498 valence electrons. The van der Waals surface area contributed by atoms with Gasteiger partial charge in [0, 0.05) is 6.42 Å². The molecule has 2 heterocycles. The normalized spacial score (nSPS) is 23.9.